The van der Waals surface area contributed by atoms with E-state index in [-0.39, 0.29) is 36.1 Å². The summed E-state index contributed by atoms with van der Waals surface area (Å²) in [5, 5.41) is 4.44. The highest BCUT2D eigenvalue weighted by Crippen LogP contribution is 2.19. The lowest BCUT2D eigenvalue weighted by atomic mass is 10.2. The van der Waals surface area contributed by atoms with Gasteiger partial charge in [-0.3, -0.25) is 4.99 Å². The summed E-state index contributed by atoms with van der Waals surface area (Å²) in [6.07, 6.45) is 1.66. The third-order valence-corrected chi connectivity index (χ3v) is 4.84. The Balaban J connectivity index is 0.00000225. The van der Waals surface area contributed by atoms with Gasteiger partial charge in [0.05, 0.1) is 19.1 Å². The van der Waals surface area contributed by atoms with E-state index >= 15 is 0 Å². The summed E-state index contributed by atoms with van der Waals surface area (Å²) in [5.74, 6) is 0.914. The lowest BCUT2D eigenvalue weighted by molar-refractivity contribution is 0.0137. The van der Waals surface area contributed by atoms with Crippen LogP contribution in [0.25, 0.3) is 0 Å². The van der Waals surface area contributed by atoms with Crippen molar-refractivity contribution >= 4 is 47.4 Å². The van der Waals surface area contributed by atoms with Crippen LogP contribution < -0.4 is 5.32 Å². The van der Waals surface area contributed by atoms with E-state index in [1.54, 1.807) is 16.2 Å². The fourth-order valence-electron chi connectivity index (χ4n) is 2.86. The standard InChI is InChI=1S/C16H25N5O2S.HI/c1-11-7-17-13(24-11)9-19-14-18-8-12-10-20(5-6-21(12)14)15(22)23-16(2,3)4;/h7,12H,5-6,8-10H2,1-4H3,(H,18,19);1H. The number of hydrogen-bond acceptors (Lipinski definition) is 7. The quantitative estimate of drug-likeness (QED) is 0.661. The van der Waals surface area contributed by atoms with Crippen molar-refractivity contribution in [3.63, 3.8) is 0 Å². The largest absolute Gasteiger partial charge is 0.444 e. The van der Waals surface area contributed by atoms with Crippen molar-refractivity contribution in [1.29, 1.82) is 0 Å². The first kappa shape index (κ1) is 20.2. The van der Waals surface area contributed by atoms with Gasteiger partial charge in [0.25, 0.3) is 0 Å². The number of aromatic nitrogens is 1. The Labute approximate surface area is 169 Å². The lowest BCUT2D eigenvalue weighted by Crippen LogP contribution is -2.57. The molecule has 0 aromatic carbocycles. The van der Waals surface area contributed by atoms with Crippen LogP contribution in [0.5, 0.6) is 0 Å². The first-order valence-corrected chi connectivity index (χ1v) is 9.08. The monoisotopic (exact) mass is 479 g/mol. The molecule has 0 spiro atoms. The Hall–Kier alpha value is -1.10. The second-order valence-electron chi connectivity index (χ2n) is 7.16. The van der Waals surface area contributed by atoms with Gasteiger partial charge in [-0.1, -0.05) is 0 Å². The molecular formula is C16H26IN5O2S. The Morgan fingerprint density at radius 3 is 2.84 bits per heavy atom. The van der Waals surface area contributed by atoms with Crippen molar-refractivity contribution in [2.75, 3.05) is 26.2 Å². The van der Waals surface area contributed by atoms with Gasteiger partial charge in [0.2, 0.25) is 0 Å². The molecule has 1 unspecified atom stereocenters. The number of aryl methyl sites for hydroxylation is 1. The summed E-state index contributed by atoms with van der Waals surface area (Å²) in [7, 11) is 0. The number of halogens is 1. The molecule has 1 aromatic rings. The first-order valence-electron chi connectivity index (χ1n) is 8.26. The van der Waals surface area contributed by atoms with E-state index in [1.807, 2.05) is 27.0 Å². The van der Waals surface area contributed by atoms with Crippen molar-refractivity contribution in [2.45, 2.75) is 45.9 Å². The van der Waals surface area contributed by atoms with E-state index in [0.29, 0.717) is 26.2 Å². The van der Waals surface area contributed by atoms with Crippen LogP contribution in [-0.2, 0) is 11.3 Å². The number of fused-ring (bicyclic) bond motifs is 1. The summed E-state index contributed by atoms with van der Waals surface area (Å²) >= 11 is 1.69. The summed E-state index contributed by atoms with van der Waals surface area (Å²) in [4.78, 5) is 26.4. The van der Waals surface area contributed by atoms with Crippen LogP contribution in [0, 0.1) is 6.92 Å². The van der Waals surface area contributed by atoms with Crippen LogP contribution in [0.3, 0.4) is 0 Å². The molecule has 25 heavy (non-hydrogen) atoms. The molecule has 1 atom stereocenters. The van der Waals surface area contributed by atoms with Gasteiger partial charge in [0.1, 0.15) is 10.6 Å². The van der Waals surface area contributed by atoms with Gasteiger partial charge in [0, 0.05) is 30.7 Å². The number of aliphatic imine (C=N–C) groups is 1. The van der Waals surface area contributed by atoms with E-state index in [1.165, 1.54) is 4.88 Å². The zero-order valence-electron chi connectivity index (χ0n) is 15.1. The predicted molar refractivity (Wildman–Crippen MR) is 110 cm³/mol. The summed E-state index contributed by atoms with van der Waals surface area (Å²) in [5.41, 5.74) is -0.459. The number of nitrogens with one attached hydrogen (secondary N) is 1. The van der Waals surface area contributed by atoms with Gasteiger partial charge < -0.3 is 19.9 Å². The second-order valence-corrected chi connectivity index (χ2v) is 8.48. The number of hydrogen-bond donors (Lipinski definition) is 1. The Morgan fingerprint density at radius 1 is 1.44 bits per heavy atom. The van der Waals surface area contributed by atoms with Crippen molar-refractivity contribution in [2.24, 2.45) is 4.99 Å². The predicted octanol–water partition coefficient (Wildman–Crippen LogP) is 2.45. The van der Waals surface area contributed by atoms with Gasteiger partial charge in [-0.15, -0.1) is 35.3 Å². The molecule has 1 amide bonds. The fraction of sp³-hybridized carbons (Fsp3) is 0.688. The molecule has 0 radical (unpaired) electrons. The molecule has 1 aromatic heterocycles. The minimum Gasteiger partial charge on any atom is -0.444 e. The van der Waals surface area contributed by atoms with Crippen molar-refractivity contribution in [3.8, 4) is 0 Å². The highest BCUT2D eigenvalue weighted by atomic mass is 127. The van der Waals surface area contributed by atoms with E-state index in [2.05, 4.69) is 27.1 Å². The van der Waals surface area contributed by atoms with Gasteiger partial charge in [-0.2, -0.15) is 0 Å². The molecule has 2 aliphatic rings. The Morgan fingerprint density at radius 2 is 2.20 bits per heavy atom. The molecule has 0 aliphatic carbocycles. The molecule has 140 valence electrons. The van der Waals surface area contributed by atoms with Gasteiger partial charge >= 0.3 is 6.09 Å². The zero-order valence-corrected chi connectivity index (χ0v) is 18.3. The number of thiazole rings is 1. The van der Waals surface area contributed by atoms with E-state index in [4.69, 9.17) is 4.74 Å². The second kappa shape index (κ2) is 8.07. The summed E-state index contributed by atoms with van der Waals surface area (Å²) in [6.45, 7) is 11.2. The van der Waals surface area contributed by atoms with Crippen molar-refractivity contribution < 1.29 is 9.53 Å². The molecule has 0 saturated carbocycles. The smallest absolute Gasteiger partial charge is 0.410 e. The molecule has 2 aliphatic heterocycles. The van der Waals surface area contributed by atoms with Gasteiger partial charge in [0.15, 0.2) is 5.96 Å². The number of carbonyl (C=O) groups excluding carboxylic acids is 1. The van der Waals surface area contributed by atoms with Gasteiger partial charge in [-0.25, -0.2) is 9.78 Å². The Bertz CT molecular complexity index is 643. The minimum atomic E-state index is -0.459. The number of nitrogens with zero attached hydrogens (tertiary/aromatic N) is 4. The number of ether oxygens (including phenoxy) is 1. The number of guanidine groups is 1. The fourth-order valence-corrected chi connectivity index (χ4v) is 3.59. The summed E-state index contributed by atoms with van der Waals surface area (Å²) < 4.78 is 5.47. The van der Waals surface area contributed by atoms with Crippen LogP contribution in [0.15, 0.2) is 11.2 Å². The van der Waals surface area contributed by atoms with E-state index in [0.717, 1.165) is 17.5 Å². The molecule has 3 rings (SSSR count). The molecular weight excluding hydrogens is 453 g/mol. The van der Waals surface area contributed by atoms with Gasteiger partial charge in [-0.05, 0) is 27.7 Å². The molecule has 1 fully saturated rings. The van der Waals surface area contributed by atoms with Crippen LogP contribution in [0.2, 0.25) is 0 Å². The average molecular weight is 479 g/mol. The maximum absolute atomic E-state index is 12.2. The normalized spacial score (nSPS) is 19.8. The van der Waals surface area contributed by atoms with E-state index in [9.17, 15) is 4.79 Å². The van der Waals surface area contributed by atoms with Crippen LogP contribution in [0.1, 0.15) is 30.7 Å². The number of amides is 1. The number of piperazine rings is 1. The third kappa shape index (κ3) is 5.19. The SMILES string of the molecule is Cc1cnc(CNC2=NCC3CN(C(=O)OC(C)(C)C)CCN23)s1.I. The molecule has 1 N–H and O–H groups in total. The zero-order chi connectivity index (χ0) is 17.3. The highest BCUT2D eigenvalue weighted by Gasteiger charge is 2.36. The molecule has 1 saturated heterocycles. The molecule has 3 heterocycles. The van der Waals surface area contributed by atoms with E-state index < -0.39 is 5.60 Å². The van der Waals surface area contributed by atoms with Crippen LogP contribution in [0.4, 0.5) is 4.79 Å². The van der Waals surface area contributed by atoms with Crippen LogP contribution in [-0.4, -0.2) is 64.7 Å². The topological polar surface area (TPSA) is 70.1 Å². The highest BCUT2D eigenvalue weighted by molar-refractivity contribution is 14.0. The van der Waals surface area contributed by atoms with Crippen LogP contribution >= 0.6 is 35.3 Å². The molecule has 0 bridgehead atoms. The average Bonchev–Trinajstić information content (AvgIpc) is 3.08. The molecule has 9 heteroatoms. The number of carbonyl (C=O) groups is 1. The first-order chi connectivity index (χ1) is 11.3. The molecule has 7 nitrogen and oxygen atoms in total. The maximum Gasteiger partial charge on any atom is 0.410 e. The lowest BCUT2D eigenvalue weighted by Gasteiger charge is -2.39. The maximum atomic E-state index is 12.2. The van der Waals surface area contributed by atoms with Crippen molar-refractivity contribution in [3.05, 3.63) is 16.1 Å². The Kier molecular flexibility index (Phi) is 6.52. The van der Waals surface area contributed by atoms with Crippen molar-refractivity contribution in [1.82, 2.24) is 20.1 Å². The summed E-state index contributed by atoms with van der Waals surface area (Å²) in [6, 6.07) is 0.229. The third-order valence-electron chi connectivity index (χ3n) is 3.93. The minimum absolute atomic E-state index is 0. The number of rotatable bonds is 2.